The van der Waals surface area contributed by atoms with Crippen LogP contribution in [0.15, 0.2) is 48.5 Å². The lowest BCUT2D eigenvalue weighted by Gasteiger charge is -2.51. The summed E-state index contributed by atoms with van der Waals surface area (Å²) >= 11 is 0. The fourth-order valence-corrected chi connectivity index (χ4v) is 4.96. The first-order valence-electron chi connectivity index (χ1n) is 11.0. The Morgan fingerprint density at radius 1 is 0.821 bits per heavy atom. The third kappa shape index (κ3) is 3.83. The van der Waals surface area contributed by atoms with Crippen molar-refractivity contribution in [3.8, 4) is 17.6 Å². The van der Waals surface area contributed by atoms with E-state index in [-0.39, 0.29) is 5.41 Å². The number of hydrogen-bond acceptors (Lipinski definition) is 1. The summed E-state index contributed by atoms with van der Waals surface area (Å²) in [6.45, 7) is 5.13. The highest BCUT2D eigenvalue weighted by atomic mass is 16.5. The molecule has 0 aromatic heterocycles. The van der Waals surface area contributed by atoms with E-state index in [1.54, 1.807) is 5.56 Å². The minimum Gasteiger partial charge on any atom is -0.494 e. The van der Waals surface area contributed by atoms with E-state index in [2.05, 4.69) is 62.1 Å². The van der Waals surface area contributed by atoms with Gasteiger partial charge in [0.1, 0.15) is 5.75 Å². The van der Waals surface area contributed by atoms with Crippen LogP contribution < -0.4 is 4.74 Å². The first-order valence-corrected chi connectivity index (χ1v) is 11.0. The van der Waals surface area contributed by atoms with Gasteiger partial charge in [0.25, 0.3) is 0 Å². The third-order valence-corrected chi connectivity index (χ3v) is 7.02. The predicted molar refractivity (Wildman–Crippen MR) is 117 cm³/mol. The highest BCUT2D eigenvalue weighted by Crippen LogP contribution is 2.57. The zero-order chi connectivity index (χ0) is 19.5. The molecule has 0 spiro atoms. The summed E-state index contributed by atoms with van der Waals surface area (Å²) < 4.78 is 5.67. The van der Waals surface area contributed by atoms with Crippen molar-refractivity contribution in [1.82, 2.24) is 0 Å². The van der Waals surface area contributed by atoms with Gasteiger partial charge in [0.2, 0.25) is 0 Å². The van der Waals surface area contributed by atoms with Crippen LogP contribution in [0.25, 0.3) is 0 Å². The zero-order valence-electron chi connectivity index (χ0n) is 17.4. The Morgan fingerprint density at radius 3 is 2.04 bits per heavy atom. The summed E-state index contributed by atoms with van der Waals surface area (Å²) in [7, 11) is 0. The molecular formula is C27H32O. The van der Waals surface area contributed by atoms with Crippen LogP contribution in [0.4, 0.5) is 0 Å². The molecular weight excluding hydrogens is 340 g/mol. The molecule has 3 fully saturated rings. The van der Waals surface area contributed by atoms with Crippen molar-refractivity contribution in [1.29, 1.82) is 0 Å². The molecule has 3 saturated carbocycles. The van der Waals surface area contributed by atoms with Gasteiger partial charge in [0.05, 0.1) is 6.61 Å². The minimum absolute atomic E-state index is 0.239. The predicted octanol–water partition coefficient (Wildman–Crippen LogP) is 6.68. The van der Waals surface area contributed by atoms with Crippen molar-refractivity contribution in [3.63, 3.8) is 0 Å². The molecule has 1 heteroatoms. The van der Waals surface area contributed by atoms with Crippen LogP contribution in [-0.2, 0) is 11.8 Å². The van der Waals surface area contributed by atoms with Crippen LogP contribution in [0.2, 0.25) is 0 Å². The van der Waals surface area contributed by atoms with Crippen molar-refractivity contribution in [3.05, 3.63) is 65.2 Å². The third-order valence-electron chi connectivity index (χ3n) is 7.02. The lowest BCUT2D eigenvalue weighted by atomic mass is 9.52. The number of ether oxygens (including phenoxy) is 1. The van der Waals surface area contributed by atoms with E-state index in [9.17, 15) is 0 Å². The van der Waals surface area contributed by atoms with Crippen molar-refractivity contribution in [2.75, 3.05) is 6.61 Å². The molecule has 0 saturated heterocycles. The number of rotatable bonds is 5. The highest BCUT2D eigenvalue weighted by Gasteiger charge is 2.48. The standard InChI is InChI=1S/C27H32O/c1-3-21-28-25-11-7-23(8-12-25)13-14-26-15-18-27(19-16-26,20-17-26)24-9-5-22(4-2)6-10-24/h5-12H,3-4,15-21H2,1-2H3. The Kier molecular flexibility index (Phi) is 5.49. The smallest absolute Gasteiger partial charge is 0.119 e. The van der Waals surface area contributed by atoms with Gasteiger partial charge in [-0.1, -0.05) is 50.0 Å². The van der Waals surface area contributed by atoms with Crippen LogP contribution in [0.1, 0.15) is 75.5 Å². The molecule has 28 heavy (non-hydrogen) atoms. The molecule has 2 aromatic carbocycles. The van der Waals surface area contributed by atoms with Gasteiger partial charge in [-0.15, -0.1) is 0 Å². The Morgan fingerprint density at radius 2 is 1.46 bits per heavy atom. The molecule has 2 aromatic rings. The van der Waals surface area contributed by atoms with E-state index >= 15 is 0 Å². The van der Waals surface area contributed by atoms with Gasteiger partial charge in [0, 0.05) is 11.0 Å². The summed E-state index contributed by atoms with van der Waals surface area (Å²) in [6, 6.07) is 17.7. The van der Waals surface area contributed by atoms with Crippen LogP contribution >= 0.6 is 0 Å². The molecule has 2 bridgehead atoms. The molecule has 5 rings (SSSR count). The van der Waals surface area contributed by atoms with Gasteiger partial charge < -0.3 is 4.74 Å². The quantitative estimate of drug-likeness (QED) is 0.532. The van der Waals surface area contributed by atoms with Gasteiger partial charge in [-0.05, 0) is 92.2 Å². The number of aryl methyl sites for hydroxylation is 1. The maximum absolute atomic E-state index is 5.67. The molecule has 146 valence electrons. The van der Waals surface area contributed by atoms with Crippen molar-refractivity contribution >= 4 is 0 Å². The molecule has 0 atom stereocenters. The van der Waals surface area contributed by atoms with E-state index in [0.717, 1.165) is 30.8 Å². The van der Waals surface area contributed by atoms with Crippen molar-refractivity contribution < 1.29 is 4.74 Å². The maximum atomic E-state index is 5.67. The molecule has 3 aliphatic carbocycles. The molecule has 1 nitrogen and oxygen atoms in total. The number of benzene rings is 2. The van der Waals surface area contributed by atoms with Gasteiger partial charge >= 0.3 is 0 Å². The maximum Gasteiger partial charge on any atom is 0.119 e. The minimum atomic E-state index is 0.239. The van der Waals surface area contributed by atoms with E-state index in [4.69, 9.17) is 4.74 Å². The summed E-state index contributed by atoms with van der Waals surface area (Å²) in [5, 5.41) is 0. The normalized spacial score (nSPS) is 25.8. The second-order valence-corrected chi connectivity index (χ2v) is 8.73. The molecule has 0 unspecified atom stereocenters. The largest absolute Gasteiger partial charge is 0.494 e. The lowest BCUT2D eigenvalue weighted by molar-refractivity contribution is 0.0865. The summed E-state index contributed by atoms with van der Waals surface area (Å²) in [4.78, 5) is 0. The zero-order valence-corrected chi connectivity index (χ0v) is 17.4. The van der Waals surface area contributed by atoms with E-state index < -0.39 is 0 Å². The van der Waals surface area contributed by atoms with Gasteiger partial charge in [-0.3, -0.25) is 0 Å². The van der Waals surface area contributed by atoms with Crippen molar-refractivity contribution in [2.24, 2.45) is 5.41 Å². The van der Waals surface area contributed by atoms with Crippen LogP contribution in [0.3, 0.4) is 0 Å². The molecule has 0 aliphatic heterocycles. The molecule has 3 aliphatic rings. The van der Waals surface area contributed by atoms with Crippen LogP contribution in [-0.4, -0.2) is 6.61 Å². The van der Waals surface area contributed by atoms with Gasteiger partial charge in [-0.2, -0.15) is 0 Å². The fraction of sp³-hybridized carbons (Fsp3) is 0.481. The summed E-state index contributed by atoms with van der Waals surface area (Å²) in [5.74, 6) is 8.12. The lowest BCUT2D eigenvalue weighted by Crippen LogP contribution is -2.43. The van der Waals surface area contributed by atoms with E-state index in [1.165, 1.54) is 44.1 Å². The molecule has 0 amide bonds. The van der Waals surface area contributed by atoms with Crippen molar-refractivity contribution in [2.45, 2.75) is 70.6 Å². The highest BCUT2D eigenvalue weighted by molar-refractivity contribution is 5.40. The van der Waals surface area contributed by atoms with Gasteiger partial charge in [0.15, 0.2) is 0 Å². The Hall–Kier alpha value is -2.20. The fourth-order valence-electron chi connectivity index (χ4n) is 4.96. The number of fused-ring (bicyclic) bond motifs is 3. The van der Waals surface area contributed by atoms with E-state index in [0.29, 0.717) is 5.41 Å². The SMILES string of the molecule is CCCOc1ccc(C#CC23CCC(c4ccc(CC)cc4)(CC2)CC3)cc1. The first-order chi connectivity index (χ1) is 13.7. The average Bonchev–Trinajstić information content (AvgIpc) is 2.78. The van der Waals surface area contributed by atoms with Crippen LogP contribution in [0, 0.1) is 17.3 Å². The average molecular weight is 373 g/mol. The topological polar surface area (TPSA) is 9.23 Å². The Bertz CT molecular complexity index is 823. The summed E-state index contributed by atoms with van der Waals surface area (Å²) in [6.07, 6.45) is 9.75. The summed E-state index contributed by atoms with van der Waals surface area (Å²) in [5.41, 5.74) is 4.76. The van der Waals surface area contributed by atoms with Crippen LogP contribution in [0.5, 0.6) is 5.75 Å². The molecule has 0 radical (unpaired) electrons. The molecule has 0 heterocycles. The Labute approximate surface area is 170 Å². The monoisotopic (exact) mass is 372 g/mol. The second-order valence-electron chi connectivity index (χ2n) is 8.73. The first kappa shape index (κ1) is 19.1. The number of hydrogen-bond donors (Lipinski definition) is 0. The Balaban J connectivity index is 1.43. The van der Waals surface area contributed by atoms with E-state index in [1.807, 2.05) is 12.1 Å². The second kappa shape index (κ2) is 8.04. The molecule has 0 N–H and O–H groups in total. The van der Waals surface area contributed by atoms with Gasteiger partial charge in [-0.25, -0.2) is 0 Å².